The number of anilines is 3. The first kappa shape index (κ1) is 38.7. The average Bonchev–Trinajstić information content (AvgIpc) is 3.41. The van der Waals surface area contributed by atoms with Gasteiger partial charge in [0, 0.05) is 17.1 Å². The quantitative estimate of drug-likeness (QED) is 0.144. The van der Waals surface area contributed by atoms with Crippen LogP contribution in [0.2, 0.25) is 0 Å². The van der Waals surface area contributed by atoms with Crippen molar-refractivity contribution in [3.8, 4) is 44.5 Å². The van der Waals surface area contributed by atoms with E-state index in [4.69, 9.17) is 0 Å². The maximum absolute atomic E-state index is 2.44. The summed E-state index contributed by atoms with van der Waals surface area (Å²) in [6, 6.07) is 95.8. The van der Waals surface area contributed by atoms with Crippen LogP contribution >= 0.6 is 0 Å². The molecular weight excluding hydrogens is 807 g/mol. The molecule has 13 aromatic carbocycles. The summed E-state index contributed by atoms with van der Waals surface area (Å²) in [6.07, 6.45) is 0. The van der Waals surface area contributed by atoms with Crippen molar-refractivity contribution >= 4 is 81.7 Å². The zero-order valence-corrected chi connectivity index (χ0v) is 36.8. The zero-order valence-electron chi connectivity index (χ0n) is 36.8. The van der Waals surface area contributed by atoms with Crippen molar-refractivity contribution in [2.24, 2.45) is 0 Å². The molecule has 67 heavy (non-hydrogen) atoms. The third-order valence-electron chi connectivity index (χ3n) is 13.8. The van der Waals surface area contributed by atoms with E-state index in [1.54, 1.807) is 0 Å². The molecule has 0 aliphatic heterocycles. The third-order valence-corrected chi connectivity index (χ3v) is 13.8. The second-order valence-electron chi connectivity index (χ2n) is 17.6. The average molecular weight is 850 g/mol. The van der Waals surface area contributed by atoms with E-state index in [1.165, 1.54) is 109 Å². The normalized spacial score (nSPS) is 11.6. The highest BCUT2D eigenvalue weighted by molar-refractivity contribution is 6.33. The minimum Gasteiger partial charge on any atom is -0.310 e. The Kier molecular flexibility index (Phi) is 9.25. The minimum absolute atomic E-state index is 1.13. The van der Waals surface area contributed by atoms with E-state index in [0.29, 0.717) is 0 Å². The van der Waals surface area contributed by atoms with E-state index in [1.807, 2.05) is 0 Å². The first-order chi connectivity index (χ1) is 33.2. The maximum atomic E-state index is 2.44. The Morgan fingerprint density at radius 1 is 0.209 bits per heavy atom. The Bertz CT molecular complexity index is 4010. The van der Waals surface area contributed by atoms with E-state index < -0.39 is 0 Å². The molecule has 13 rings (SSSR count). The highest BCUT2D eigenvalue weighted by Crippen LogP contribution is 2.50. The van der Waals surface area contributed by atoms with Crippen LogP contribution < -0.4 is 4.90 Å². The fourth-order valence-corrected chi connectivity index (χ4v) is 10.6. The molecule has 0 unspecified atom stereocenters. The molecule has 0 aliphatic carbocycles. The van der Waals surface area contributed by atoms with Crippen LogP contribution in [0.3, 0.4) is 0 Å². The fraction of sp³-hybridized carbons (Fsp3) is 0. The molecule has 0 radical (unpaired) electrons. The van der Waals surface area contributed by atoms with Gasteiger partial charge in [-0.3, -0.25) is 0 Å². The van der Waals surface area contributed by atoms with E-state index in [9.17, 15) is 0 Å². The van der Waals surface area contributed by atoms with Gasteiger partial charge in [0.2, 0.25) is 0 Å². The molecule has 1 nitrogen and oxygen atoms in total. The smallest absolute Gasteiger partial charge is 0.0468 e. The van der Waals surface area contributed by atoms with Crippen LogP contribution in [-0.4, -0.2) is 0 Å². The lowest BCUT2D eigenvalue weighted by atomic mass is 9.81. The number of fused-ring (bicyclic) bond motifs is 10. The monoisotopic (exact) mass is 849 g/mol. The van der Waals surface area contributed by atoms with Crippen LogP contribution in [0.1, 0.15) is 0 Å². The van der Waals surface area contributed by atoms with Gasteiger partial charge in [0.25, 0.3) is 0 Å². The van der Waals surface area contributed by atoms with Crippen LogP contribution in [0.25, 0.3) is 109 Å². The second-order valence-corrected chi connectivity index (χ2v) is 17.6. The predicted molar refractivity (Wildman–Crippen MR) is 288 cm³/mol. The molecule has 0 fully saturated rings. The van der Waals surface area contributed by atoms with Crippen molar-refractivity contribution in [2.45, 2.75) is 0 Å². The Morgan fingerprint density at radius 2 is 0.687 bits per heavy atom. The summed E-state index contributed by atoms with van der Waals surface area (Å²) in [5.74, 6) is 0. The summed E-state index contributed by atoms with van der Waals surface area (Å²) in [6.45, 7) is 0. The van der Waals surface area contributed by atoms with Crippen LogP contribution in [-0.2, 0) is 0 Å². The number of rotatable bonds is 7. The summed E-state index contributed by atoms with van der Waals surface area (Å²) in [7, 11) is 0. The van der Waals surface area contributed by atoms with Gasteiger partial charge in [0.15, 0.2) is 0 Å². The molecule has 1 heteroatoms. The number of benzene rings is 13. The highest BCUT2D eigenvalue weighted by Gasteiger charge is 2.22. The van der Waals surface area contributed by atoms with Crippen molar-refractivity contribution in [2.75, 3.05) is 4.90 Å². The van der Waals surface area contributed by atoms with Crippen molar-refractivity contribution in [3.05, 3.63) is 261 Å². The first-order valence-corrected chi connectivity index (χ1v) is 23.2. The molecule has 0 saturated carbocycles. The van der Waals surface area contributed by atoms with Gasteiger partial charge in [-0.2, -0.15) is 0 Å². The molecule has 0 atom stereocenters. The number of hydrogen-bond donors (Lipinski definition) is 0. The third kappa shape index (κ3) is 6.63. The number of para-hydroxylation sites is 1. The molecule has 13 aromatic rings. The zero-order chi connectivity index (χ0) is 44.3. The van der Waals surface area contributed by atoms with Gasteiger partial charge in [-0.25, -0.2) is 0 Å². The van der Waals surface area contributed by atoms with Crippen molar-refractivity contribution < 1.29 is 0 Å². The lowest BCUT2D eigenvalue weighted by Crippen LogP contribution is -2.09. The van der Waals surface area contributed by atoms with Crippen LogP contribution in [0.4, 0.5) is 17.1 Å². The van der Waals surface area contributed by atoms with Gasteiger partial charge in [-0.05, 0) is 164 Å². The van der Waals surface area contributed by atoms with Gasteiger partial charge < -0.3 is 4.90 Å². The highest BCUT2D eigenvalue weighted by atomic mass is 15.1. The molecule has 0 N–H and O–H groups in total. The molecule has 0 aliphatic rings. The van der Waals surface area contributed by atoms with Crippen molar-refractivity contribution in [1.29, 1.82) is 0 Å². The van der Waals surface area contributed by atoms with Crippen LogP contribution in [0.15, 0.2) is 261 Å². The van der Waals surface area contributed by atoms with E-state index in [-0.39, 0.29) is 0 Å². The summed E-state index contributed by atoms with van der Waals surface area (Å²) >= 11 is 0. The van der Waals surface area contributed by atoms with Crippen LogP contribution in [0, 0.1) is 0 Å². The summed E-state index contributed by atoms with van der Waals surface area (Å²) in [4.78, 5) is 2.36. The van der Waals surface area contributed by atoms with Crippen molar-refractivity contribution in [1.82, 2.24) is 0 Å². The summed E-state index contributed by atoms with van der Waals surface area (Å²) < 4.78 is 0. The molecule has 0 amide bonds. The van der Waals surface area contributed by atoms with Gasteiger partial charge in [-0.15, -0.1) is 0 Å². The molecule has 0 heterocycles. The van der Waals surface area contributed by atoms with Crippen molar-refractivity contribution in [3.63, 3.8) is 0 Å². The fourth-order valence-electron chi connectivity index (χ4n) is 10.6. The Labute approximate surface area is 390 Å². The molecule has 0 bridgehead atoms. The SMILES string of the molecule is c1ccc(-c2cc(-c3ccccc3)c3c4ccc(-c5ccc6c(ccc7cc(N(c8ccccc8)c8ccc9ccccc9c8)ccc76)c5)cc4c4ccccc4c3c2-c2ccccc2)cc1. The standard InChI is InChI=1S/C66H43N/c1-5-18-45(19-6-1)61-43-62(46-20-7-2-8-21-46)65-60-37-33-50(42-63(60)58-27-15-16-28-59(58)66(65)64(61)47-22-9-3-10-23-47)49-32-36-56-51(39-49)29-30-52-41-55(35-38-57(52)56)67(53-25-11-4-12-26-53)54-34-31-44-17-13-14-24-48(44)40-54/h1-43H. The molecule has 0 saturated heterocycles. The van der Waals surface area contributed by atoms with E-state index >= 15 is 0 Å². The predicted octanol–water partition coefficient (Wildman–Crippen LogP) is 18.7. The second kappa shape index (κ2) is 16.0. The van der Waals surface area contributed by atoms with E-state index in [2.05, 4.69) is 266 Å². The molecule has 0 aromatic heterocycles. The molecule has 0 spiro atoms. The largest absolute Gasteiger partial charge is 0.310 e. The Hall–Kier alpha value is -8.78. The topological polar surface area (TPSA) is 3.24 Å². The molecular formula is C66H43N. The Morgan fingerprint density at radius 3 is 1.39 bits per heavy atom. The van der Waals surface area contributed by atoms with Gasteiger partial charge in [0.05, 0.1) is 0 Å². The lowest BCUT2D eigenvalue weighted by Gasteiger charge is -2.26. The lowest BCUT2D eigenvalue weighted by molar-refractivity contribution is 1.29. The number of hydrogen-bond acceptors (Lipinski definition) is 1. The maximum Gasteiger partial charge on any atom is 0.0468 e. The molecule has 312 valence electrons. The Balaban J connectivity index is 0.975. The van der Waals surface area contributed by atoms with Gasteiger partial charge in [0.1, 0.15) is 0 Å². The summed E-state index contributed by atoms with van der Waals surface area (Å²) in [5, 5.41) is 15.0. The van der Waals surface area contributed by atoms with Gasteiger partial charge in [-0.1, -0.05) is 206 Å². The minimum atomic E-state index is 1.13. The van der Waals surface area contributed by atoms with Gasteiger partial charge >= 0.3 is 0 Å². The number of nitrogens with zero attached hydrogens (tertiary/aromatic N) is 1. The van der Waals surface area contributed by atoms with Crippen LogP contribution in [0.5, 0.6) is 0 Å². The van der Waals surface area contributed by atoms with E-state index in [0.717, 1.165) is 17.1 Å². The summed E-state index contributed by atoms with van der Waals surface area (Å²) in [5.41, 5.74) is 13.2. The first-order valence-electron chi connectivity index (χ1n) is 23.2.